The third-order valence-electron chi connectivity index (χ3n) is 3.49. The first-order valence-electron chi connectivity index (χ1n) is 7.58. The summed E-state index contributed by atoms with van der Waals surface area (Å²) in [4.78, 5) is 0. The molecule has 1 aliphatic rings. The van der Waals surface area contributed by atoms with Crippen LogP contribution in [0.3, 0.4) is 0 Å². The molecule has 1 radical (unpaired) electrons. The predicted octanol–water partition coefficient (Wildman–Crippen LogP) is 5.45. The van der Waals surface area contributed by atoms with Crippen molar-refractivity contribution in [3.05, 3.63) is 90.9 Å². The number of rotatable bonds is 5. The van der Waals surface area contributed by atoms with Gasteiger partial charge < -0.3 is 0 Å². The van der Waals surface area contributed by atoms with Crippen molar-refractivity contribution in [3.63, 3.8) is 0 Å². The summed E-state index contributed by atoms with van der Waals surface area (Å²) in [5.74, 6) is 0. The zero-order valence-corrected chi connectivity index (χ0v) is 18.8. The minimum absolute atomic E-state index is 1.17. The van der Waals surface area contributed by atoms with Crippen LogP contribution in [0.5, 0.6) is 0 Å². The summed E-state index contributed by atoms with van der Waals surface area (Å²) >= 11 is -3.09. The van der Waals surface area contributed by atoms with Crippen molar-refractivity contribution in [1.29, 1.82) is 0 Å². The van der Waals surface area contributed by atoms with E-state index in [0.717, 1.165) is 0 Å². The van der Waals surface area contributed by atoms with Crippen molar-refractivity contribution in [2.45, 2.75) is 11.6 Å². The second-order valence-corrected chi connectivity index (χ2v) is 17.7. The maximum atomic E-state index is 4.97. The third-order valence-corrected chi connectivity index (χ3v) is 8.77. The molecule has 5 heteroatoms. The van der Waals surface area contributed by atoms with Crippen molar-refractivity contribution in [1.82, 2.24) is 0 Å². The average Bonchev–Trinajstić information content (AvgIpc) is 3.10. The van der Waals surface area contributed by atoms with Crippen LogP contribution in [0.2, 0.25) is 5.21 Å². The van der Waals surface area contributed by atoms with Crippen molar-refractivity contribution in [2.75, 3.05) is 0 Å². The quantitative estimate of drug-likeness (QED) is 0.505. The van der Waals surface area contributed by atoms with Crippen molar-refractivity contribution >= 4 is 51.3 Å². The van der Waals surface area contributed by atoms with E-state index < -0.39 is 29.3 Å². The Morgan fingerprint density at radius 2 is 1.25 bits per heavy atom. The van der Waals surface area contributed by atoms with Gasteiger partial charge in [0.05, 0.1) is 0 Å². The van der Waals surface area contributed by atoms with E-state index in [1.165, 1.54) is 17.2 Å². The molecule has 0 fully saturated rings. The first-order valence-corrected chi connectivity index (χ1v) is 17.2. The standard InChI is InChI=1S/C19H18As.3ClH.Ti/c1-3-11-18(12-4-1)20(19-13-5-2-6-14-19)16-15-17-9-7-8-10-17;;;;/h1-14H,15-16H2;3*1H;/q;;;;+3/p-3. The maximum absolute atomic E-state index is 4.97. The van der Waals surface area contributed by atoms with E-state index in [0.29, 0.717) is 0 Å². The van der Waals surface area contributed by atoms with Crippen LogP contribution < -0.4 is 8.70 Å². The molecule has 0 heterocycles. The second kappa shape index (κ2) is 11.6. The van der Waals surface area contributed by atoms with Gasteiger partial charge in [0.25, 0.3) is 0 Å². The van der Waals surface area contributed by atoms with Gasteiger partial charge in [0.15, 0.2) is 0 Å². The van der Waals surface area contributed by atoms with Crippen LogP contribution in [-0.4, -0.2) is 14.7 Å². The monoisotopic (exact) mass is 474 g/mol. The first-order chi connectivity index (χ1) is 11.7. The molecule has 0 saturated heterocycles. The van der Waals surface area contributed by atoms with E-state index >= 15 is 0 Å². The second-order valence-electron chi connectivity index (χ2n) is 5.08. The normalized spacial score (nSPS) is 12.6. The summed E-state index contributed by atoms with van der Waals surface area (Å²) in [7, 11) is 14.9. The van der Waals surface area contributed by atoms with E-state index in [-0.39, 0.29) is 0 Å². The van der Waals surface area contributed by atoms with Gasteiger partial charge in [-0.2, -0.15) is 0 Å². The molecule has 0 aromatic heterocycles. The Bertz CT molecular complexity index is 615. The summed E-state index contributed by atoms with van der Waals surface area (Å²) in [5.41, 5.74) is 1.47. The molecule has 0 bridgehead atoms. The van der Waals surface area contributed by atoms with Crippen molar-refractivity contribution in [2.24, 2.45) is 0 Å². The van der Waals surface area contributed by atoms with Crippen molar-refractivity contribution < 1.29 is 14.7 Å². The Morgan fingerprint density at radius 3 is 1.67 bits per heavy atom. The third kappa shape index (κ3) is 7.53. The zero-order valence-electron chi connectivity index (χ0n) is 13.1. The predicted molar refractivity (Wildman–Crippen MR) is 106 cm³/mol. The van der Waals surface area contributed by atoms with E-state index in [9.17, 15) is 0 Å². The van der Waals surface area contributed by atoms with E-state index in [1.807, 2.05) is 0 Å². The van der Waals surface area contributed by atoms with Gasteiger partial charge in [-0.25, -0.2) is 0 Å². The Labute approximate surface area is 167 Å². The molecule has 0 N–H and O–H groups in total. The van der Waals surface area contributed by atoms with E-state index in [2.05, 4.69) is 85.3 Å². The fourth-order valence-electron chi connectivity index (χ4n) is 2.44. The van der Waals surface area contributed by atoms with E-state index in [4.69, 9.17) is 27.9 Å². The summed E-state index contributed by atoms with van der Waals surface area (Å²) in [6.07, 6.45) is 9.94. The van der Waals surface area contributed by atoms with Gasteiger partial charge in [-0.05, 0) is 0 Å². The Morgan fingerprint density at radius 1 is 0.750 bits per heavy atom. The molecule has 2 aromatic rings. The van der Waals surface area contributed by atoms with Crippen molar-refractivity contribution in [3.8, 4) is 0 Å². The van der Waals surface area contributed by atoms with E-state index in [1.54, 1.807) is 8.70 Å². The number of halogens is 3. The Balaban J connectivity index is 0.000000471. The van der Waals surface area contributed by atoms with Crippen LogP contribution in [0.1, 0.15) is 6.42 Å². The molecular weight excluding hydrogens is 457 g/mol. The van der Waals surface area contributed by atoms with Gasteiger partial charge in [0.2, 0.25) is 0 Å². The van der Waals surface area contributed by atoms with Crippen LogP contribution in [0.25, 0.3) is 0 Å². The fourth-order valence-corrected chi connectivity index (χ4v) is 7.40. The van der Waals surface area contributed by atoms with Crippen LogP contribution in [0, 0.1) is 6.42 Å². The molecule has 0 amide bonds. The summed E-state index contributed by atoms with van der Waals surface area (Å²) in [6.45, 7) is 0. The SMILES string of the molecule is [CH]1C=CC=C1CC[As](c1ccccc1)c1ccccc1.[Cl][Ti]([Cl])[Cl]. The summed E-state index contributed by atoms with van der Waals surface area (Å²) < 4.78 is 3.11. The molecule has 1 aliphatic carbocycles. The molecule has 0 saturated carbocycles. The van der Waals surface area contributed by atoms with Gasteiger partial charge in [-0.1, -0.05) is 0 Å². The molecular formula is C19H18AsCl3Ti. The van der Waals surface area contributed by atoms with Gasteiger partial charge in [-0.15, -0.1) is 0 Å². The molecule has 3 rings (SSSR count). The van der Waals surface area contributed by atoms with Crippen LogP contribution >= 0.6 is 27.9 Å². The number of allylic oxidation sites excluding steroid dienone is 4. The molecule has 0 aliphatic heterocycles. The topological polar surface area (TPSA) is 0 Å². The number of hydrogen-bond acceptors (Lipinski definition) is 0. The number of hydrogen-bond donors (Lipinski definition) is 0. The van der Waals surface area contributed by atoms with Crippen LogP contribution in [0.4, 0.5) is 0 Å². The minimum atomic E-state index is -1.92. The molecule has 2 aromatic carbocycles. The fraction of sp³-hybridized carbons (Fsp3) is 0.105. The average molecular weight is 476 g/mol. The Kier molecular flexibility index (Phi) is 9.88. The van der Waals surface area contributed by atoms with Crippen LogP contribution in [-0.2, 0) is 14.7 Å². The van der Waals surface area contributed by atoms with Gasteiger partial charge >= 0.3 is 168 Å². The molecule has 0 spiro atoms. The molecule has 0 nitrogen and oxygen atoms in total. The molecule has 24 heavy (non-hydrogen) atoms. The van der Waals surface area contributed by atoms with Crippen LogP contribution in [0.15, 0.2) is 84.5 Å². The molecule has 124 valence electrons. The zero-order chi connectivity index (χ0) is 17.2. The first kappa shape index (κ1) is 20.4. The van der Waals surface area contributed by atoms with Gasteiger partial charge in [0.1, 0.15) is 0 Å². The summed E-state index contributed by atoms with van der Waals surface area (Å²) in [6, 6.07) is 22.1. The molecule has 0 atom stereocenters. The summed E-state index contributed by atoms with van der Waals surface area (Å²) in [5, 5.41) is 1.30. The Hall–Kier alpha value is 0.0627. The molecule has 0 unspecified atom stereocenters. The van der Waals surface area contributed by atoms with Gasteiger partial charge in [0, 0.05) is 0 Å². The van der Waals surface area contributed by atoms with Gasteiger partial charge in [-0.3, -0.25) is 0 Å². The number of benzene rings is 2.